The zero-order chi connectivity index (χ0) is 15.2. The molecule has 0 aliphatic carbocycles. The molecular weight excluding hydrogens is 349 g/mol. The molecule has 0 spiro atoms. The lowest BCUT2D eigenvalue weighted by Gasteiger charge is -2.04. The molecule has 1 atom stereocenters. The molecule has 1 heterocycles. The predicted molar refractivity (Wildman–Crippen MR) is 88.9 cm³/mol. The van der Waals surface area contributed by atoms with Crippen molar-refractivity contribution in [2.24, 2.45) is 0 Å². The first kappa shape index (κ1) is 17.0. The number of halogens is 2. The van der Waals surface area contributed by atoms with Gasteiger partial charge in [-0.15, -0.1) is 10.2 Å². The molecule has 0 saturated heterocycles. The molecular formula is C13H16Cl2N3OS2+. The normalized spacial score (nSPS) is 12.6. The van der Waals surface area contributed by atoms with E-state index < -0.39 is 0 Å². The SMILES string of the molecule is CSCC[C@H]([NH3+])c1nnc(SCc2c(Cl)cccc2Cl)o1. The zero-order valence-corrected chi connectivity index (χ0v) is 14.7. The van der Waals surface area contributed by atoms with Crippen molar-refractivity contribution in [1.29, 1.82) is 0 Å². The van der Waals surface area contributed by atoms with E-state index in [2.05, 4.69) is 22.2 Å². The average Bonchev–Trinajstić information content (AvgIpc) is 2.93. The third-order valence-electron chi connectivity index (χ3n) is 2.84. The Kier molecular flexibility index (Phi) is 6.70. The Morgan fingerprint density at radius 3 is 2.67 bits per heavy atom. The Hall–Kier alpha value is -0.400. The van der Waals surface area contributed by atoms with Gasteiger partial charge in [-0.3, -0.25) is 0 Å². The summed E-state index contributed by atoms with van der Waals surface area (Å²) in [6, 6.07) is 5.49. The number of hydrogen-bond acceptors (Lipinski definition) is 5. The lowest BCUT2D eigenvalue weighted by molar-refractivity contribution is -0.432. The highest BCUT2D eigenvalue weighted by Gasteiger charge is 2.18. The second-order valence-electron chi connectivity index (χ2n) is 4.37. The fraction of sp³-hybridized carbons (Fsp3) is 0.385. The smallest absolute Gasteiger partial charge is 0.277 e. The summed E-state index contributed by atoms with van der Waals surface area (Å²) < 4.78 is 5.63. The second kappa shape index (κ2) is 8.29. The Balaban J connectivity index is 1.97. The van der Waals surface area contributed by atoms with E-state index in [4.69, 9.17) is 27.6 Å². The number of hydrogen-bond donors (Lipinski definition) is 1. The van der Waals surface area contributed by atoms with Crippen LogP contribution in [0.5, 0.6) is 0 Å². The van der Waals surface area contributed by atoms with Gasteiger partial charge in [0.2, 0.25) is 0 Å². The summed E-state index contributed by atoms with van der Waals surface area (Å²) in [6.45, 7) is 0. The van der Waals surface area contributed by atoms with Crippen LogP contribution >= 0.6 is 46.7 Å². The number of thioether (sulfide) groups is 2. The predicted octanol–water partition coefficient (Wildman–Crippen LogP) is 3.70. The lowest BCUT2D eigenvalue weighted by atomic mass is 10.2. The van der Waals surface area contributed by atoms with Crippen LogP contribution in [0.1, 0.15) is 23.9 Å². The third-order valence-corrected chi connectivity index (χ3v) is 5.04. The first-order chi connectivity index (χ1) is 10.1. The van der Waals surface area contributed by atoms with Crippen molar-refractivity contribution in [2.45, 2.75) is 23.4 Å². The molecule has 2 aromatic rings. The second-order valence-corrected chi connectivity index (χ2v) is 7.10. The summed E-state index contributed by atoms with van der Waals surface area (Å²) in [5.74, 6) is 2.19. The van der Waals surface area contributed by atoms with Crippen LogP contribution in [-0.2, 0) is 5.75 Å². The molecule has 3 N–H and O–H groups in total. The summed E-state index contributed by atoms with van der Waals surface area (Å²) in [6.07, 6.45) is 2.99. The quantitative estimate of drug-likeness (QED) is 0.758. The number of aromatic nitrogens is 2. The van der Waals surface area contributed by atoms with Crippen LogP contribution in [0.15, 0.2) is 27.8 Å². The standard InChI is InChI=1S/C13H15Cl2N3OS2/c1-20-6-5-11(16)12-17-18-13(19-12)21-7-8-9(14)3-2-4-10(8)15/h2-4,11H,5-7,16H2,1H3/p+1/t11-/m0/s1. The molecule has 114 valence electrons. The van der Waals surface area contributed by atoms with E-state index in [1.807, 2.05) is 18.2 Å². The Morgan fingerprint density at radius 1 is 1.29 bits per heavy atom. The van der Waals surface area contributed by atoms with Crippen LogP contribution in [0.2, 0.25) is 10.0 Å². The zero-order valence-electron chi connectivity index (χ0n) is 11.5. The van der Waals surface area contributed by atoms with Gasteiger partial charge in [-0.25, -0.2) is 0 Å². The van der Waals surface area contributed by atoms with Crippen molar-refractivity contribution in [3.63, 3.8) is 0 Å². The van der Waals surface area contributed by atoms with Gasteiger partial charge < -0.3 is 10.2 Å². The highest BCUT2D eigenvalue weighted by Crippen LogP contribution is 2.31. The van der Waals surface area contributed by atoms with Gasteiger partial charge >= 0.3 is 0 Å². The van der Waals surface area contributed by atoms with Crippen molar-refractivity contribution in [3.8, 4) is 0 Å². The maximum atomic E-state index is 6.13. The van der Waals surface area contributed by atoms with E-state index >= 15 is 0 Å². The van der Waals surface area contributed by atoms with Gasteiger partial charge in [-0.1, -0.05) is 41.0 Å². The van der Waals surface area contributed by atoms with E-state index in [1.165, 1.54) is 11.8 Å². The monoisotopic (exact) mass is 364 g/mol. The fourth-order valence-corrected chi connectivity index (χ4v) is 3.66. The summed E-state index contributed by atoms with van der Waals surface area (Å²) in [7, 11) is 0. The summed E-state index contributed by atoms with van der Waals surface area (Å²) in [4.78, 5) is 0. The van der Waals surface area contributed by atoms with Crippen LogP contribution in [0.25, 0.3) is 0 Å². The van der Waals surface area contributed by atoms with Gasteiger partial charge in [0.15, 0.2) is 6.04 Å². The summed E-state index contributed by atoms with van der Waals surface area (Å²) in [5, 5.41) is 9.88. The molecule has 8 heteroatoms. The van der Waals surface area contributed by atoms with Crippen LogP contribution in [0.4, 0.5) is 0 Å². The number of benzene rings is 1. The largest absolute Gasteiger partial charge is 0.410 e. The molecule has 1 aromatic carbocycles. The molecule has 2 rings (SSSR count). The molecule has 4 nitrogen and oxygen atoms in total. The first-order valence-electron chi connectivity index (χ1n) is 6.33. The molecule has 0 fully saturated rings. The lowest BCUT2D eigenvalue weighted by Crippen LogP contribution is -2.53. The van der Waals surface area contributed by atoms with Gasteiger partial charge in [0, 0.05) is 22.2 Å². The van der Waals surface area contributed by atoms with E-state index in [0.29, 0.717) is 26.9 Å². The molecule has 0 radical (unpaired) electrons. The molecule has 0 aliphatic heterocycles. The minimum absolute atomic E-state index is 0.0307. The van der Waals surface area contributed by atoms with Crippen molar-refractivity contribution in [3.05, 3.63) is 39.7 Å². The van der Waals surface area contributed by atoms with E-state index in [9.17, 15) is 0 Å². The highest BCUT2D eigenvalue weighted by molar-refractivity contribution is 7.98. The maximum Gasteiger partial charge on any atom is 0.277 e. The minimum atomic E-state index is 0.0307. The molecule has 21 heavy (non-hydrogen) atoms. The van der Waals surface area contributed by atoms with Crippen molar-refractivity contribution >= 4 is 46.7 Å². The summed E-state index contributed by atoms with van der Waals surface area (Å²) in [5.41, 5.74) is 4.92. The fourth-order valence-electron chi connectivity index (χ4n) is 1.63. The average molecular weight is 365 g/mol. The van der Waals surface area contributed by atoms with Gasteiger partial charge in [0.25, 0.3) is 11.1 Å². The van der Waals surface area contributed by atoms with E-state index in [-0.39, 0.29) is 6.04 Å². The molecule has 0 bridgehead atoms. The summed E-state index contributed by atoms with van der Waals surface area (Å²) >= 11 is 15.5. The van der Waals surface area contributed by atoms with Crippen LogP contribution in [0.3, 0.4) is 0 Å². The third kappa shape index (κ3) is 4.79. The van der Waals surface area contributed by atoms with Gasteiger partial charge in [0.1, 0.15) is 0 Å². The number of rotatable bonds is 7. The van der Waals surface area contributed by atoms with Crippen LogP contribution in [-0.4, -0.2) is 22.2 Å². The highest BCUT2D eigenvalue weighted by atomic mass is 35.5. The molecule has 0 saturated carbocycles. The van der Waals surface area contributed by atoms with Crippen molar-refractivity contribution < 1.29 is 10.2 Å². The Morgan fingerprint density at radius 2 is 2.00 bits per heavy atom. The van der Waals surface area contributed by atoms with Crippen LogP contribution in [0, 0.1) is 0 Å². The van der Waals surface area contributed by atoms with Crippen molar-refractivity contribution in [2.75, 3.05) is 12.0 Å². The first-order valence-corrected chi connectivity index (χ1v) is 9.46. The van der Waals surface area contributed by atoms with Gasteiger partial charge in [-0.2, -0.15) is 11.8 Å². The topological polar surface area (TPSA) is 66.6 Å². The molecule has 0 unspecified atom stereocenters. The van der Waals surface area contributed by atoms with Gasteiger partial charge in [-0.05, 0) is 29.7 Å². The number of quaternary nitrogens is 1. The van der Waals surface area contributed by atoms with Gasteiger partial charge in [0.05, 0.1) is 0 Å². The minimum Gasteiger partial charge on any atom is -0.410 e. The Labute approximate surface area is 142 Å². The Bertz CT molecular complexity index is 574. The number of nitrogens with zero attached hydrogens (tertiary/aromatic N) is 2. The maximum absolute atomic E-state index is 6.13. The van der Waals surface area contributed by atoms with E-state index in [0.717, 1.165) is 17.7 Å². The van der Waals surface area contributed by atoms with E-state index in [1.54, 1.807) is 11.8 Å². The molecule has 0 amide bonds. The van der Waals surface area contributed by atoms with Crippen molar-refractivity contribution in [1.82, 2.24) is 10.2 Å². The molecule has 0 aliphatic rings. The van der Waals surface area contributed by atoms with Crippen LogP contribution < -0.4 is 5.73 Å². The molecule has 1 aromatic heterocycles.